The van der Waals surface area contributed by atoms with Crippen molar-refractivity contribution in [3.8, 4) is 5.75 Å². The maximum absolute atomic E-state index is 9.70. The van der Waals surface area contributed by atoms with E-state index < -0.39 is 0 Å². The lowest BCUT2D eigenvalue weighted by Crippen LogP contribution is -2.15. The van der Waals surface area contributed by atoms with E-state index in [-0.39, 0.29) is 11.6 Å². The van der Waals surface area contributed by atoms with E-state index in [4.69, 9.17) is 15.9 Å². The van der Waals surface area contributed by atoms with Crippen LogP contribution in [0.15, 0.2) is 12.1 Å². The van der Waals surface area contributed by atoms with Gasteiger partial charge in [-0.2, -0.15) is 0 Å². The summed E-state index contributed by atoms with van der Waals surface area (Å²) in [5, 5.41) is 17.1. The van der Waals surface area contributed by atoms with Gasteiger partial charge in [0.15, 0.2) is 0 Å². The number of phenols is 1. The van der Waals surface area contributed by atoms with Gasteiger partial charge in [0, 0.05) is 7.11 Å². The van der Waals surface area contributed by atoms with Crippen molar-refractivity contribution in [3.05, 3.63) is 28.8 Å². The number of aromatic hydroxyl groups is 1. The van der Waals surface area contributed by atoms with Gasteiger partial charge in [-0.15, -0.1) is 0 Å². The SMILES string of the molecule is COCc1ccc(C)c(O)c1C(=N)N. The summed E-state index contributed by atoms with van der Waals surface area (Å²) in [6, 6.07) is 3.57. The van der Waals surface area contributed by atoms with E-state index in [2.05, 4.69) is 0 Å². The lowest BCUT2D eigenvalue weighted by atomic mass is 10.0. The van der Waals surface area contributed by atoms with E-state index in [0.717, 1.165) is 5.56 Å². The van der Waals surface area contributed by atoms with E-state index in [1.165, 1.54) is 0 Å². The molecule has 4 N–H and O–H groups in total. The molecule has 0 atom stereocenters. The third-order valence-corrected chi connectivity index (χ3v) is 2.04. The molecule has 1 rings (SSSR count). The molecule has 0 saturated heterocycles. The third-order valence-electron chi connectivity index (χ3n) is 2.04. The zero-order valence-corrected chi connectivity index (χ0v) is 8.29. The van der Waals surface area contributed by atoms with E-state index in [1.807, 2.05) is 0 Å². The summed E-state index contributed by atoms with van der Waals surface area (Å²) in [6.45, 7) is 2.10. The fourth-order valence-corrected chi connectivity index (χ4v) is 1.31. The summed E-state index contributed by atoms with van der Waals surface area (Å²) in [5.41, 5.74) is 7.18. The number of hydrogen-bond acceptors (Lipinski definition) is 3. The molecule has 4 nitrogen and oxygen atoms in total. The Labute approximate surface area is 82.8 Å². The van der Waals surface area contributed by atoms with E-state index in [1.54, 1.807) is 26.2 Å². The first kappa shape index (κ1) is 10.5. The molecule has 0 aliphatic carbocycles. The molecule has 76 valence electrons. The van der Waals surface area contributed by atoms with Crippen LogP contribution in [0.3, 0.4) is 0 Å². The predicted octanol–water partition coefficient (Wildman–Crippen LogP) is 1.13. The number of nitrogen functional groups attached to an aromatic ring is 1. The smallest absolute Gasteiger partial charge is 0.129 e. The van der Waals surface area contributed by atoms with Gasteiger partial charge in [-0.25, -0.2) is 0 Å². The van der Waals surface area contributed by atoms with E-state index in [9.17, 15) is 5.11 Å². The number of amidine groups is 1. The van der Waals surface area contributed by atoms with Gasteiger partial charge >= 0.3 is 0 Å². The number of ether oxygens (including phenoxy) is 1. The van der Waals surface area contributed by atoms with Crippen LogP contribution >= 0.6 is 0 Å². The number of rotatable bonds is 3. The van der Waals surface area contributed by atoms with Crippen molar-refractivity contribution in [1.29, 1.82) is 5.41 Å². The zero-order chi connectivity index (χ0) is 10.7. The van der Waals surface area contributed by atoms with Gasteiger partial charge < -0.3 is 15.6 Å². The molecule has 1 aromatic carbocycles. The Hall–Kier alpha value is -1.55. The first-order valence-corrected chi connectivity index (χ1v) is 4.22. The van der Waals surface area contributed by atoms with Gasteiger partial charge in [0.1, 0.15) is 11.6 Å². The van der Waals surface area contributed by atoms with Crippen LogP contribution in [0.4, 0.5) is 0 Å². The molecule has 0 radical (unpaired) electrons. The Morgan fingerprint density at radius 2 is 2.21 bits per heavy atom. The minimum absolute atomic E-state index is 0.0621. The minimum Gasteiger partial charge on any atom is -0.507 e. The molecule has 1 aromatic rings. The van der Waals surface area contributed by atoms with Gasteiger partial charge in [-0.1, -0.05) is 12.1 Å². The van der Waals surface area contributed by atoms with Crippen molar-refractivity contribution in [2.75, 3.05) is 7.11 Å². The molecule has 0 fully saturated rings. The highest BCUT2D eigenvalue weighted by Crippen LogP contribution is 2.25. The Bertz CT molecular complexity index is 361. The molecule has 0 unspecified atom stereocenters. The average molecular weight is 194 g/mol. The molecule has 0 aromatic heterocycles. The quantitative estimate of drug-likeness (QED) is 0.498. The van der Waals surface area contributed by atoms with Crippen LogP contribution in [-0.4, -0.2) is 18.1 Å². The number of methoxy groups -OCH3 is 1. The summed E-state index contributed by atoms with van der Waals surface area (Å²) in [4.78, 5) is 0. The highest BCUT2D eigenvalue weighted by atomic mass is 16.5. The number of aryl methyl sites for hydroxylation is 1. The summed E-state index contributed by atoms with van der Waals surface area (Å²) in [7, 11) is 1.56. The summed E-state index contributed by atoms with van der Waals surface area (Å²) in [5.74, 6) is -0.0784. The Morgan fingerprint density at radius 3 is 2.71 bits per heavy atom. The lowest BCUT2D eigenvalue weighted by molar-refractivity contribution is 0.184. The molecule has 0 aliphatic rings. The maximum Gasteiger partial charge on any atom is 0.129 e. The summed E-state index contributed by atoms with van der Waals surface area (Å²) < 4.78 is 4.95. The molecule has 0 aliphatic heterocycles. The molecule has 0 heterocycles. The molecule has 0 bridgehead atoms. The molecule has 0 saturated carbocycles. The average Bonchev–Trinajstić information content (AvgIpc) is 2.11. The van der Waals surface area contributed by atoms with Crippen molar-refractivity contribution in [3.63, 3.8) is 0 Å². The van der Waals surface area contributed by atoms with Gasteiger partial charge in [0.2, 0.25) is 0 Å². The second-order valence-electron chi connectivity index (χ2n) is 3.11. The van der Waals surface area contributed by atoms with Gasteiger partial charge in [-0.05, 0) is 18.1 Å². The van der Waals surface area contributed by atoms with Gasteiger partial charge in [0.25, 0.3) is 0 Å². The number of hydrogen-bond donors (Lipinski definition) is 3. The highest BCUT2D eigenvalue weighted by molar-refractivity contribution is 5.99. The highest BCUT2D eigenvalue weighted by Gasteiger charge is 2.12. The fourth-order valence-electron chi connectivity index (χ4n) is 1.31. The summed E-state index contributed by atoms with van der Waals surface area (Å²) in [6.07, 6.45) is 0. The number of nitrogens with two attached hydrogens (primary N) is 1. The van der Waals surface area contributed by atoms with E-state index in [0.29, 0.717) is 17.7 Å². The van der Waals surface area contributed by atoms with Crippen LogP contribution in [0.25, 0.3) is 0 Å². The van der Waals surface area contributed by atoms with Crippen molar-refractivity contribution in [1.82, 2.24) is 0 Å². The van der Waals surface area contributed by atoms with Crippen LogP contribution in [0.1, 0.15) is 16.7 Å². The standard InChI is InChI=1S/C10H14N2O2/c1-6-3-4-7(5-14-2)8(9(6)13)10(11)12/h3-4,13H,5H2,1-2H3,(H3,11,12). The molecular weight excluding hydrogens is 180 g/mol. The van der Waals surface area contributed by atoms with Crippen molar-refractivity contribution < 1.29 is 9.84 Å². The first-order chi connectivity index (χ1) is 6.57. The van der Waals surface area contributed by atoms with Crippen LogP contribution in [0.2, 0.25) is 0 Å². The molecule has 14 heavy (non-hydrogen) atoms. The van der Waals surface area contributed by atoms with Crippen LogP contribution in [0, 0.1) is 12.3 Å². The predicted molar refractivity (Wildman–Crippen MR) is 54.6 cm³/mol. The van der Waals surface area contributed by atoms with Crippen LogP contribution in [0.5, 0.6) is 5.75 Å². The summed E-state index contributed by atoms with van der Waals surface area (Å²) >= 11 is 0. The topological polar surface area (TPSA) is 79.3 Å². The van der Waals surface area contributed by atoms with Crippen molar-refractivity contribution in [2.45, 2.75) is 13.5 Å². The van der Waals surface area contributed by atoms with E-state index >= 15 is 0 Å². The molecular formula is C10H14N2O2. The molecule has 4 heteroatoms. The van der Waals surface area contributed by atoms with Crippen molar-refractivity contribution in [2.24, 2.45) is 5.73 Å². The lowest BCUT2D eigenvalue weighted by Gasteiger charge is -2.11. The molecule has 0 spiro atoms. The second kappa shape index (κ2) is 4.11. The monoisotopic (exact) mass is 194 g/mol. The van der Waals surface area contributed by atoms with Crippen LogP contribution in [-0.2, 0) is 11.3 Å². The van der Waals surface area contributed by atoms with Crippen LogP contribution < -0.4 is 5.73 Å². The minimum atomic E-state index is -0.141. The van der Waals surface area contributed by atoms with Gasteiger partial charge in [0.05, 0.1) is 12.2 Å². The largest absolute Gasteiger partial charge is 0.507 e. The van der Waals surface area contributed by atoms with Gasteiger partial charge in [-0.3, -0.25) is 5.41 Å². The maximum atomic E-state index is 9.70. The van der Waals surface area contributed by atoms with Crippen molar-refractivity contribution >= 4 is 5.84 Å². The normalized spacial score (nSPS) is 10.1. The third kappa shape index (κ3) is 1.85. The Balaban J connectivity index is 3.30. The Kier molecular flexibility index (Phi) is 3.09. The number of phenolic OH excluding ortho intramolecular Hbond substituents is 1. The number of benzene rings is 1. The first-order valence-electron chi connectivity index (χ1n) is 4.22. The second-order valence-corrected chi connectivity index (χ2v) is 3.11. The Morgan fingerprint density at radius 1 is 1.57 bits per heavy atom. The zero-order valence-electron chi connectivity index (χ0n) is 8.29. The number of nitrogens with one attached hydrogen (secondary N) is 1. The molecule has 0 amide bonds. The fraction of sp³-hybridized carbons (Fsp3) is 0.300.